The van der Waals surface area contributed by atoms with E-state index in [-0.39, 0.29) is 17.7 Å². The fraction of sp³-hybridized carbons (Fsp3) is 0.222. The Morgan fingerprint density at radius 3 is 2.54 bits per heavy atom. The minimum absolute atomic E-state index is 0.0509. The van der Waals surface area contributed by atoms with Crippen LogP contribution in [-0.4, -0.2) is 20.8 Å². The molecule has 148 valence electrons. The van der Waals surface area contributed by atoms with Gasteiger partial charge in [-0.1, -0.05) is 26.0 Å². The number of nitro groups is 1. The SMILES string of the molecule is CC.O=c1cnc2cc([N+](=O)[O-])ccc2n1Cc1cccc(OC(F)(F)F)c1. The zero-order chi connectivity index (χ0) is 20.9. The molecule has 0 fully saturated rings. The minimum atomic E-state index is -4.82. The van der Waals surface area contributed by atoms with Crippen molar-refractivity contribution in [3.05, 3.63) is 74.7 Å². The Labute approximate surface area is 157 Å². The molecule has 0 unspecified atom stereocenters. The van der Waals surface area contributed by atoms with Crippen LogP contribution >= 0.6 is 0 Å². The van der Waals surface area contributed by atoms with E-state index < -0.39 is 22.6 Å². The third-order valence-corrected chi connectivity index (χ3v) is 3.51. The summed E-state index contributed by atoms with van der Waals surface area (Å²) in [7, 11) is 0. The maximum atomic E-state index is 12.3. The summed E-state index contributed by atoms with van der Waals surface area (Å²) >= 11 is 0. The van der Waals surface area contributed by atoms with E-state index in [2.05, 4.69) is 9.72 Å². The van der Waals surface area contributed by atoms with Crippen molar-refractivity contribution >= 4 is 16.7 Å². The van der Waals surface area contributed by atoms with Gasteiger partial charge in [0.2, 0.25) is 0 Å². The number of hydrogen-bond donors (Lipinski definition) is 0. The Bertz CT molecular complexity index is 1050. The van der Waals surface area contributed by atoms with E-state index in [1.54, 1.807) is 0 Å². The lowest BCUT2D eigenvalue weighted by molar-refractivity contribution is -0.384. The van der Waals surface area contributed by atoms with Crippen LogP contribution in [0.3, 0.4) is 0 Å². The fourth-order valence-corrected chi connectivity index (χ4v) is 2.46. The van der Waals surface area contributed by atoms with Gasteiger partial charge in [-0.2, -0.15) is 0 Å². The molecule has 3 aromatic rings. The molecule has 0 amide bonds. The molecular weight excluding hydrogens is 379 g/mol. The van der Waals surface area contributed by atoms with Gasteiger partial charge in [0.1, 0.15) is 5.75 Å². The highest BCUT2D eigenvalue weighted by Gasteiger charge is 2.31. The van der Waals surface area contributed by atoms with Crippen molar-refractivity contribution in [3.8, 4) is 5.75 Å². The van der Waals surface area contributed by atoms with Gasteiger partial charge in [0.15, 0.2) is 0 Å². The fourth-order valence-electron chi connectivity index (χ4n) is 2.46. The van der Waals surface area contributed by atoms with E-state index >= 15 is 0 Å². The number of nitrogens with zero attached hydrogens (tertiary/aromatic N) is 3. The highest BCUT2D eigenvalue weighted by molar-refractivity contribution is 5.77. The van der Waals surface area contributed by atoms with Crippen LogP contribution in [0.4, 0.5) is 18.9 Å². The Morgan fingerprint density at radius 2 is 1.89 bits per heavy atom. The molecule has 0 aliphatic carbocycles. The third-order valence-electron chi connectivity index (χ3n) is 3.51. The zero-order valence-corrected chi connectivity index (χ0v) is 14.9. The number of aromatic nitrogens is 2. The van der Waals surface area contributed by atoms with Crippen LogP contribution in [0.5, 0.6) is 5.75 Å². The predicted octanol–water partition coefficient (Wildman–Crippen LogP) is 4.28. The van der Waals surface area contributed by atoms with E-state index in [1.807, 2.05) is 13.8 Å². The maximum absolute atomic E-state index is 12.3. The first-order valence-corrected chi connectivity index (χ1v) is 8.21. The molecular formula is C18H16F3N3O4. The third kappa shape index (κ3) is 5.06. The van der Waals surface area contributed by atoms with Crippen molar-refractivity contribution in [2.24, 2.45) is 0 Å². The molecule has 0 bridgehead atoms. The summed E-state index contributed by atoms with van der Waals surface area (Å²) < 4.78 is 42.1. The Balaban J connectivity index is 0.00000136. The number of alkyl halides is 3. The second-order valence-corrected chi connectivity index (χ2v) is 5.31. The first-order valence-electron chi connectivity index (χ1n) is 8.21. The largest absolute Gasteiger partial charge is 0.573 e. The van der Waals surface area contributed by atoms with Crippen LogP contribution in [0.1, 0.15) is 19.4 Å². The molecule has 0 N–H and O–H groups in total. The molecule has 10 heteroatoms. The summed E-state index contributed by atoms with van der Waals surface area (Å²) in [5, 5.41) is 10.8. The molecule has 0 radical (unpaired) electrons. The van der Waals surface area contributed by atoms with Gasteiger partial charge in [-0.25, -0.2) is 4.98 Å². The van der Waals surface area contributed by atoms with Gasteiger partial charge >= 0.3 is 6.36 Å². The second kappa shape index (κ2) is 8.51. The highest BCUT2D eigenvalue weighted by atomic mass is 19.4. The van der Waals surface area contributed by atoms with E-state index in [0.29, 0.717) is 11.1 Å². The smallest absolute Gasteiger partial charge is 0.406 e. The van der Waals surface area contributed by atoms with Gasteiger partial charge in [-0.3, -0.25) is 14.9 Å². The Morgan fingerprint density at radius 1 is 1.18 bits per heavy atom. The minimum Gasteiger partial charge on any atom is -0.406 e. The standard InChI is InChI=1S/C16H10F3N3O4.C2H6/c17-16(18,19)26-12-3-1-2-10(6-12)9-21-14-5-4-11(22(24)25)7-13(14)20-8-15(21)23;1-2/h1-8H,9H2;1-2H3. The summed E-state index contributed by atoms with van der Waals surface area (Å²) in [6, 6.07) is 9.03. The number of fused-ring (bicyclic) bond motifs is 1. The lowest BCUT2D eigenvalue weighted by Crippen LogP contribution is -2.21. The lowest BCUT2D eigenvalue weighted by atomic mass is 10.2. The lowest BCUT2D eigenvalue weighted by Gasteiger charge is -2.12. The monoisotopic (exact) mass is 395 g/mol. The van der Waals surface area contributed by atoms with Gasteiger partial charge in [-0.15, -0.1) is 13.2 Å². The number of non-ortho nitro benzene ring substituents is 1. The normalized spacial score (nSPS) is 10.9. The molecule has 0 aliphatic heterocycles. The molecule has 0 aliphatic rings. The average molecular weight is 395 g/mol. The maximum Gasteiger partial charge on any atom is 0.573 e. The van der Waals surface area contributed by atoms with Crippen LogP contribution < -0.4 is 10.3 Å². The molecule has 0 saturated carbocycles. The van der Waals surface area contributed by atoms with Gasteiger partial charge in [0, 0.05) is 12.1 Å². The van der Waals surface area contributed by atoms with E-state index in [0.717, 1.165) is 18.3 Å². The van der Waals surface area contributed by atoms with Gasteiger partial charge in [0.05, 0.1) is 28.7 Å². The number of benzene rings is 2. The zero-order valence-electron chi connectivity index (χ0n) is 14.9. The highest BCUT2D eigenvalue weighted by Crippen LogP contribution is 2.24. The molecule has 0 saturated heterocycles. The summed E-state index contributed by atoms with van der Waals surface area (Å²) in [6.45, 7) is 3.95. The Hall–Kier alpha value is -3.43. The van der Waals surface area contributed by atoms with E-state index in [9.17, 15) is 28.1 Å². The van der Waals surface area contributed by atoms with Gasteiger partial charge < -0.3 is 9.30 Å². The molecule has 1 aromatic heterocycles. The first kappa shape index (κ1) is 20.9. The number of hydrogen-bond acceptors (Lipinski definition) is 5. The first-order chi connectivity index (χ1) is 13.2. The van der Waals surface area contributed by atoms with Gasteiger partial charge in [0.25, 0.3) is 11.2 Å². The quantitative estimate of drug-likeness (QED) is 0.486. The summed E-state index contributed by atoms with van der Waals surface area (Å²) in [6.07, 6.45) is -3.82. The van der Waals surface area contributed by atoms with Crippen molar-refractivity contribution in [2.75, 3.05) is 0 Å². The summed E-state index contributed by atoms with van der Waals surface area (Å²) in [5.74, 6) is -0.406. The van der Waals surface area contributed by atoms with Crippen molar-refractivity contribution in [3.63, 3.8) is 0 Å². The average Bonchev–Trinajstić information content (AvgIpc) is 2.64. The van der Waals surface area contributed by atoms with Crippen LogP contribution in [0.2, 0.25) is 0 Å². The van der Waals surface area contributed by atoms with Crippen LogP contribution in [0, 0.1) is 10.1 Å². The molecule has 1 heterocycles. The molecule has 3 rings (SSSR count). The van der Waals surface area contributed by atoms with E-state index in [1.165, 1.54) is 34.9 Å². The summed E-state index contributed by atoms with van der Waals surface area (Å²) in [5.41, 5.74) is 0.260. The van der Waals surface area contributed by atoms with Crippen molar-refractivity contribution in [1.82, 2.24) is 9.55 Å². The van der Waals surface area contributed by atoms with Gasteiger partial charge in [-0.05, 0) is 23.8 Å². The number of nitro benzene ring substituents is 1. The Kier molecular flexibility index (Phi) is 6.34. The molecule has 0 spiro atoms. The van der Waals surface area contributed by atoms with Crippen LogP contribution in [0.15, 0.2) is 53.5 Å². The molecule has 2 aromatic carbocycles. The van der Waals surface area contributed by atoms with Crippen molar-refractivity contribution in [2.45, 2.75) is 26.8 Å². The predicted molar refractivity (Wildman–Crippen MR) is 96.2 cm³/mol. The number of ether oxygens (including phenoxy) is 1. The summed E-state index contributed by atoms with van der Waals surface area (Å²) in [4.78, 5) is 26.3. The molecule has 7 nitrogen and oxygen atoms in total. The second-order valence-electron chi connectivity index (χ2n) is 5.31. The van der Waals surface area contributed by atoms with Crippen LogP contribution in [-0.2, 0) is 6.54 Å². The molecule has 28 heavy (non-hydrogen) atoms. The topological polar surface area (TPSA) is 87.3 Å². The van der Waals surface area contributed by atoms with Crippen molar-refractivity contribution in [1.29, 1.82) is 0 Å². The number of halogens is 3. The van der Waals surface area contributed by atoms with Crippen molar-refractivity contribution < 1.29 is 22.8 Å². The molecule has 0 atom stereocenters. The number of rotatable bonds is 4. The van der Waals surface area contributed by atoms with E-state index in [4.69, 9.17) is 0 Å². The van der Waals surface area contributed by atoms with Crippen LogP contribution in [0.25, 0.3) is 11.0 Å².